The summed E-state index contributed by atoms with van der Waals surface area (Å²) in [6, 6.07) is 71.5. The van der Waals surface area contributed by atoms with E-state index in [2.05, 4.69) is 157 Å². The van der Waals surface area contributed by atoms with E-state index in [-0.39, 0.29) is 0 Å². The van der Waals surface area contributed by atoms with E-state index in [1.54, 1.807) is 0 Å². The third-order valence-corrected chi connectivity index (χ3v) is 11.1. The quantitative estimate of drug-likeness (QED) is 0.154. The first-order valence-corrected chi connectivity index (χ1v) is 19.1. The van der Waals surface area contributed by atoms with Crippen molar-refractivity contribution in [1.82, 2.24) is 15.0 Å². The zero-order valence-electron chi connectivity index (χ0n) is 30.9. The highest BCUT2D eigenvalue weighted by atomic mass is 15.0. The Labute approximate surface area is 332 Å². The molecule has 9 aromatic rings. The number of benzene rings is 8. The van der Waals surface area contributed by atoms with Gasteiger partial charge in [-0.2, -0.15) is 0 Å². The van der Waals surface area contributed by atoms with Gasteiger partial charge in [0.2, 0.25) is 0 Å². The zero-order valence-corrected chi connectivity index (χ0v) is 30.9. The van der Waals surface area contributed by atoms with E-state index in [4.69, 9.17) is 21.5 Å². The molecular weight excluding hydrogens is 693 g/mol. The Morgan fingerprint density at radius 3 is 1.44 bits per heavy atom. The van der Waals surface area contributed by atoms with Crippen molar-refractivity contribution >= 4 is 5.69 Å². The van der Waals surface area contributed by atoms with Gasteiger partial charge >= 0.3 is 0 Å². The summed E-state index contributed by atoms with van der Waals surface area (Å²) in [5.74, 6) is 1.82. The van der Waals surface area contributed by atoms with Crippen LogP contribution in [-0.2, 0) is 5.41 Å². The fourth-order valence-electron chi connectivity index (χ4n) is 8.49. The van der Waals surface area contributed by atoms with Gasteiger partial charge in [-0.1, -0.05) is 200 Å². The van der Waals surface area contributed by atoms with E-state index < -0.39 is 5.41 Å². The Balaban J connectivity index is 1.17. The van der Waals surface area contributed by atoms with Gasteiger partial charge in [0.05, 0.1) is 12.0 Å². The van der Waals surface area contributed by atoms with E-state index in [0.717, 1.165) is 72.3 Å². The second kappa shape index (κ2) is 14.2. The molecule has 0 unspecified atom stereocenters. The number of fused-ring (bicyclic) bond motifs is 3. The molecule has 266 valence electrons. The van der Waals surface area contributed by atoms with Crippen molar-refractivity contribution in [3.05, 3.63) is 240 Å². The molecule has 1 heterocycles. The van der Waals surface area contributed by atoms with Gasteiger partial charge in [0, 0.05) is 16.7 Å². The van der Waals surface area contributed by atoms with Gasteiger partial charge in [-0.05, 0) is 61.7 Å². The zero-order chi connectivity index (χ0) is 38.2. The number of hydrogen-bond donors (Lipinski definition) is 0. The lowest BCUT2D eigenvalue weighted by atomic mass is 9.67. The van der Waals surface area contributed by atoms with Crippen molar-refractivity contribution in [2.45, 2.75) is 5.41 Å². The summed E-state index contributed by atoms with van der Waals surface area (Å²) in [5, 5.41) is 0. The Kier molecular flexibility index (Phi) is 8.39. The highest BCUT2D eigenvalue weighted by molar-refractivity contribution is 5.95. The third kappa shape index (κ3) is 5.73. The van der Waals surface area contributed by atoms with E-state index in [1.807, 2.05) is 54.6 Å². The van der Waals surface area contributed by atoms with Gasteiger partial charge in [-0.3, -0.25) is 0 Å². The lowest BCUT2D eigenvalue weighted by molar-refractivity contribution is 0.769. The molecule has 0 fully saturated rings. The first kappa shape index (κ1) is 33.8. The second-order valence-corrected chi connectivity index (χ2v) is 14.2. The molecule has 0 radical (unpaired) electrons. The molecule has 0 N–H and O–H groups in total. The standard InChI is InChI=1S/C53H34N4/c1-54-48-28-16-27-46-49(48)45-34-33-40(35-47(45)53(46,41-21-10-4-11-22-41)42-23-12-5-13-24-42)43-25-14-15-26-44(43)52-56-50(38-19-8-3-9-20-38)55-51(57-52)39-31-29-37(30-32-39)36-17-6-2-7-18-36/h2-35H. The lowest BCUT2D eigenvalue weighted by Crippen LogP contribution is -2.28. The number of aromatic nitrogens is 3. The molecule has 4 nitrogen and oxygen atoms in total. The van der Waals surface area contributed by atoms with Crippen LogP contribution in [0.15, 0.2) is 206 Å². The molecule has 0 bridgehead atoms. The Bertz CT molecular complexity index is 2900. The predicted octanol–water partition coefficient (Wildman–Crippen LogP) is 13.1. The average Bonchev–Trinajstić information content (AvgIpc) is 3.61. The summed E-state index contributed by atoms with van der Waals surface area (Å²) in [5.41, 5.74) is 13.7. The van der Waals surface area contributed by atoms with Gasteiger partial charge in [-0.25, -0.2) is 19.8 Å². The van der Waals surface area contributed by atoms with Crippen LogP contribution in [0.1, 0.15) is 22.3 Å². The lowest BCUT2D eigenvalue weighted by Gasteiger charge is -2.34. The molecule has 8 aromatic carbocycles. The minimum atomic E-state index is -0.647. The van der Waals surface area contributed by atoms with Crippen LogP contribution in [0, 0.1) is 6.57 Å². The summed E-state index contributed by atoms with van der Waals surface area (Å²) < 4.78 is 0. The SMILES string of the molecule is [C-]#[N+]c1cccc2c1-c1ccc(-c3ccccc3-c3nc(-c4ccccc4)nc(-c4ccc(-c5ccccc5)cc4)n3)cc1C2(c1ccccc1)c1ccccc1. The summed E-state index contributed by atoms with van der Waals surface area (Å²) in [6.45, 7) is 8.21. The Hall–Kier alpha value is -7.74. The highest BCUT2D eigenvalue weighted by Crippen LogP contribution is 2.59. The molecule has 0 spiro atoms. The van der Waals surface area contributed by atoms with Crippen molar-refractivity contribution in [2.24, 2.45) is 0 Å². The molecule has 0 aliphatic heterocycles. The van der Waals surface area contributed by atoms with Gasteiger partial charge in [0.1, 0.15) is 0 Å². The van der Waals surface area contributed by atoms with Gasteiger partial charge in [0.25, 0.3) is 0 Å². The number of hydrogen-bond acceptors (Lipinski definition) is 3. The third-order valence-electron chi connectivity index (χ3n) is 11.1. The van der Waals surface area contributed by atoms with Crippen LogP contribution in [0.3, 0.4) is 0 Å². The first-order valence-electron chi connectivity index (χ1n) is 19.1. The van der Waals surface area contributed by atoms with Crippen molar-refractivity contribution in [3.8, 4) is 67.5 Å². The van der Waals surface area contributed by atoms with Gasteiger partial charge in [0.15, 0.2) is 23.2 Å². The van der Waals surface area contributed by atoms with Crippen LogP contribution in [0.5, 0.6) is 0 Å². The van der Waals surface area contributed by atoms with Gasteiger partial charge in [-0.15, -0.1) is 0 Å². The van der Waals surface area contributed by atoms with Crippen molar-refractivity contribution in [3.63, 3.8) is 0 Å². The maximum atomic E-state index is 8.21. The van der Waals surface area contributed by atoms with Crippen LogP contribution in [0.2, 0.25) is 0 Å². The van der Waals surface area contributed by atoms with Crippen LogP contribution >= 0.6 is 0 Å². The average molecular weight is 727 g/mol. The van der Waals surface area contributed by atoms with E-state index in [9.17, 15) is 0 Å². The molecule has 0 saturated heterocycles. The molecule has 1 aliphatic rings. The fourth-order valence-corrected chi connectivity index (χ4v) is 8.49. The summed E-state index contributed by atoms with van der Waals surface area (Å²) in [6.07, 6.45) is 0. The minimum absolute atomic E-state index is 0.595. The Morgan fingerprint density at radius 1 is 0.351 bits per heavy atom. The molecule has 1 aliphatic carbocycles. The summed E-state index contributed by atoms with van der Waals surface area (Å²) in [7, 11) is 0. The van der Waals surface area contributed by atoms with Crippen LogP contribution in [0.25, 0.3) is 72.4 Å². The van der Waals surface area contributed by atoms with Crippen molar-refractivity contribution in [1.29, 1.82) is 0 Å². The number of rotatable bonds is 7. The second-order valence-electron chi connectivity index (χ2n) is 14.2. The molecule has 0 atom stereocenters. The topological polar surface area (TPSA) is 43.0 Å². The molecule has 0 saturated carbocycles. The maximum absolute atomic E-state index is 8.21. The van der Waals surface area contributed by atoms with Gasteiger partial charge < -0.3 is 0 Å². The first-order chi connectivity index (χ1) is 28.2. The smallest absolute Gasteiger partial charge is 0.195 e. The molecule has 10 rings (SSSR count). The monoisotopic (exact) mass is 726 g/mol. The van der Waals surface area contributed by atoms with Crippen LogP contribution in [-0.4, -0.2) is 15.0 Å². The molecule has 0 amide bonds. The number of nitrogens with zero attached hydrogens (tertiary/aromatic N) is 4. The predicted molar refractivity (Wildman–Crippen MR) is 231 cm³/mol. The minimum Gasteiger partial charge on any atom is -0.238 e. The normalized spacial score (nSPS) is 12.3. The highest BCUT2D eigenvalue weighted by Gasteiger charge is 2.46. The summed E-state index contributed by atoms with van der Waals surface area (Å²) in [4.78, 5) is 19.4. The van der Waals surface area contributed by atoms with Crippen LogP contribution < -0.4 is 0 Å². The molecule has 1 aromatic heterocycles. The Morgan fingerprint density at radius 2 is 0.825 bits per heavy atom. The summed E-state index contributed by atoms with van der Waals surface area (Å²) >= 11 is 0. The van der Waals surface area contributed by atoms with E-state index in [1.165, 1.54) is 0 Å². The van der Waals surface area contributed by atoms with E-state index in [0.29, 0.717) is 23.2 Å². The molecule has 57 heavy (non-hydrogen) atoms. The largest absolute Gasteiger partial charge is 0.238 e. The van der Waals surface area contributed by atoms with Crippen molar-refractivity contribution < 1.29 is 0 Å². The van der Waals surface area contributed by atoms with Crippen LogP contribution in [0.4, 0.5) is 5.69 Å². The maximum Gasteiger partial charge on any atom is 0.195 e. The fraction of sp³-hybridized carbons (Fsp3) is 0.0189. The molecular formula is C53H34N4. The van der Waals surface area contributed by atoms with E-state index >= 15 is 0 Å². The molecule has 4 heteroatoms. The van der Waals surface area contributed by atoms with Crippen molar-refractivity contribution in [2.75, 3.05) is 0 Å².